The first-order valence-electron chi connectivity index (χ1n) is 5.92. The van der Waals surface area contributed by atoms with Crippen LogP contribution in [-0.2, 0) is 6.42 Å². The van der Waals surface area contributed by atoms with Crippen LogP contribution in [-0.4, -0.2) is 13.2 Å². The highest BCUT2D eigenvalue weighted by molar-refractivity contribution is 6.30. The summed E-state index contributed by atoms with van der Waals surface area (Å²) in [4.78, 5) is 0. The standard InChI is InChI=1S/C14H22ClNO/c1-14(2,3)13(16)8-5-10-9-11(15)6-7-12(10)17-4/h6-7,9,13H,5,8,16H2,1-4H3. The van der Waals surface area contributed by atoms with Crippen molar-refractivity contribution < 1.29 is 4.74 Å². The van der Waals surface area contributed by atoms with Gasteiger partial charge in [0.2, 0.25) is 0 Å². The third kappa shape index (κ3) is 4.21. The highest BCUT2D eigenvalue weighted by atomic mass is 35.5. The monoisotopic (exact) mass is 255 g/mol. The molecule has 1 rings (SSSR count). The number of benzene rings is 1. The predicted molar refractivity (Wildman–Crippen MR) is 73.8 cm³/mol. The molecule has 0 aliphatic rings. The van der Waals surface area contributed by atoms with E-state index < -0.39 is 0 Å². The van der Waals surface area contributed by atoms with Gasteiger partial charge in [0.15, 0.2) is 0 Å². The predicted octanol–water partition coefficient (Wildman–Crippen LogP) is 3.65. The number of rotatable bonds is 4. The molecule has 0 spiro atoms. The van der Waals surface area contributed by atoms with Gasteiger partial charge in [-0.1, -0.05) is 32.4 Å². The molecule has 0 saturated heterocycles. The van der Waals surface area contributed by atoms with E-state index in [0.29, 0.717) is 0 Å². The highest BCUT2D eigenvalue weighted by Gasteiger charge is 2.20. The number of methoxy groups -OCH3 is 1. The SMILES string of the molecule is COc1ccc(Cl)cc1CCC(N)C(C)(C)C. The lowest BCUT2D eigenvalue weighted by atomic mass is 9.84. The average molecular weight is 256 g/mol. The van der Waals surface area contributed by atoms with E-state index in [1.165, 1.54) is 0 Å². The maximum Gasteiger partial charge on any atom is 0.122 e. The van der Waals surface area contributed by atoms with Gasteiger partial charge in [0.1, 0.15) is 5.75 Å². The molecule has 3 heteroatoms. The summed E-state index contributed by atoms with van der Waals surface area (Å²) in [6.45, 7) is 6.48. The number of nitrogens with two attached hydrogens (primary N) is 1. The van der Waals surface area contributed by atoms with Crippen LogP contribution in [0.1, 0.15) is 32.8 Å². The molecule has 1 aromatic carbocycles. The van der Waals surface area contributed by atoms with Gasteiger partial charge in [0.05, 0.1) is 7.11 Å². The van der Waals surface area contributed by atoms with E-state index in [1.807, 2.05) is 18.2 Å². The zero-order valence-corrected chi connectivity index (χ0v) is 11.8. The minimum absolute atomic E-state index is 0.131. The molecule has 0 amide bonds. The zero-order valence-electron chi connectivity index (χ0n) is 11.1. The Morgan fingerprint density at radius 3 is 2.53 bits per heavy atom. The lowest BCUT2D eigenvalue weighted by molar-refractivity contribution is 0.304. The normalized spacial score (nSPS) is 13.5. The molecule has 0 fully saturated rings. The van der Waals surface area contributed by atoms with Crippen LogP contribution < -0.4 is 10.5 Å². The van der Waals surface area contributed by atoms with Crippen LogP contribution in [0.4, 0.5) is 0 Å². The van der Waals surface area contributed by atoms with Crippen LogP contribution in [0.5, 0.6) is 5.75 Å². The van der Waals surface area contributed by atoms with Gasteiger partial charge in [-0.15, -0.1) is 0 Å². The van der Waals surface area contributed by atoms with Crippen molar-refractivity contribution >= 4 is 11.6 Å². The van der Waals surface area contributed by atoms with Crippen molar-refractivity contribution in [2.45, 2.75) is 39.7 Å². The average Bonchev–Trinajstić information content (AvgIpc) is 2.24. The Hall–Kier alpha value is -0.730. The number of halogens is 1. The van der Waals surface area contributed by atoms with E-state index in [9.17, 15) is 0 Å². The topological polar surface area (TPSA) is 35.2 Å². The van der Waals surface area contributed by atoms with Gasteiger partial charge in [-0.05, 0) is 42.0 Å². The van der Waals surface area contributed by atoms with Crippen LogP contribution in [0.3, 0.4) is 0 Å². The van der Waals surface area contributed by atoms with Gasteiger partial charge in [0, 0.05) is 11.1 Å². The van der Waals surface area contributed by atoms with Gasteiger partial charge in [0.25, 0.3) is 0 Å². The fraction of sp³-hybridized carbons (Fsp3) is 0.571. The van der Waals surface area contributed by atoms with E-state index in [4.69, 9.17) is 22.1 Å². The first-order chi connectivity index (χ1) is 7.84. The molecule has 0 heterocycles. The second-order valence-corrected chi connectivity index (χ2v) is 5.90. The zero-order chi connectivity index (χ0) is 13.1. The Labute approximate surface area is 109 Å². The maximum atomic E-state index is 6.15. The van der Waals surface area contributed by atoms with E-state index in [1.54, 1.807) is 7.11 Å². The summed E-state index contributed by atoms with van der Waals surface area (Å²) in [6, 6.07) is 5.87. The lowest BCUT2D eigenvalue weighted by Gasteiger charge is -2.27. The number of hydrogen-bond donors (Lipinski definition) is 1. The van der Waals surface area contributed by atoms with Crippen molar-refractivity contribution in [3.05, 3.63) is 28.8 Å². The molecule has 2 N–H and O–H groups in total. The van der Waals surface area contributed by atoms with E-state index in [0.717, 1.165) is 29.2 Å². The number of aryl methyl sites for hydroxylation is 1. The van der Waals surface area contributed by atoms with Gasteiger partial charge in [-0.2, -0.15) is 0 Å². The lowest BCUT2D eigenvalue weighted by Crippen LogP contribution is -2.35. The van der Waals surface area contributed by atoms with Gasteiger partial charge >= 0.3 is 0 Å². The molecule has 0 aliphatic carbocycles. The molecule has 0 radical (unpaired) electrons. The first kappa shape index (κ1) is 14.3. The number of ether oxygens (including phenoxy) is 1. The molecule has 0 saturated carbocycles. The molecule has 1 aromatic rings. The summed E-state index contributed by atoms with van der Waals surface area (Å²) in [5.41, 5.74) is 7.41. The Morgan fingerprint density at radius 2 is 2.00 bits per heavy atom. The highest BCUT2D eigenvalue weighted by Crippen LogP contribution is 2.26. The van der Waals surface area contributed by atoms with Crippen LogP contribution >= 0.6 is 11.6 Å². The fourth-order valence-corrected chi connectivity index (χ4v) is 1.88. The molecule has 17 heavy (non-hydrogen) atoms. The van der Waals surface area contributed by atoms with E-state index >= 15 is 0 Å². The molecular formula is C14H22ClNO. The Morgan fingerprint density at radius 1 is 1.35 bits per heavy atom. The molecular weight excluding hydrogens is 234 g/mol. The van der Waals surface area contributed by atoms with Gasteiger partial charge < -0.3 is 10.5 Å². The van der Waals surface area contributed by atoms with Crippen molar-refractivity contribution in [3.63, 3.8) is 0 Å². The second-order valence-electron chi connectivity index (χ2n) is 5.47. The quantitative estimate of drug-likeness (QED) is 0.891. The molecule has 1 unspecified atom stereocenters. The second kappa shape index (κ2) is 5.74. The first-order valence-corrected chi connectivity index (χ1v) is 6.30. The van der Waals surface area contributed by atoms with E-state index in [-0.39, 0.29) is 11.5 Å². The fourth-order valence-electron chi connectivity index (χ4n) is 1.69. The van der Waals surface area contributed by atoms with Crippen molar-refractivity contribution in [3.8, 4) is 5.75 Å². The summed E-state index contributed by atoms with van der Waals surface area (Å²) < 4.78 is 5.32. The molecule has 0 aromatic heterocycles. The molecule has 0 bridgehead atoms. The third-order valence-electron chi connectivity index (χ3n) is 3.08. The summed E-state index contributed by atoms with van der Waals surface area (Å²) in [6.07, 6.45) is 1.82. The molecule has 96 valence electrons. The summed E-state index contributed by atoms with van der Waals surface area (Å²) in [5.74, 6) is 0.885. The van der Waals surface area contributed by atoms with Crippen LogP contribution in [0.15, 0.2) is 18.2 Å². The van der Waals surface area contributed by atoms with Crippen molar-refractivity contribution in [2.75, 3.05) is 7.11 Å². The molecule has 2 nitrogen and oxygen atoms in total. The van der Waals surface area contributed by atoms with Crippen molar-refractivity contribution in [1.29, 1.82) is 0 Å². The minimum atomic E-state index is 0.131. The van der Waals surface area contributed by atoms with Crippen molar-refractivity contribution in [1.82, 2.24) is 0 Å². The van der Waals surface area contributed by atoms with Crippen LogP contribution in [0.25, 0.3) is 0 Å². The summed E-state index contributed by atoms with van der Waals surface area (Å²) >= 11 is 5.99. The molecule has 0 aliphatic heterocycles. The third-order valence-corrected chi connectivity index (χ3v) is 3.31. The minimum Gasteiger partial charge on any atom is -0.496 e. The van der Waals surface area contributed by atoms with Crippen molar-refractivity contribution in [2.24, 2.45) is 11.1 Å². The molecule has 1 atom stereocenters. The van der Waals surface area contributed by atoms with Crippen LogP contribution in [0.2, 0.25) is 5.02 Å². The van der Waals surface area contributed by atoms with Crippen LogP contribution in [0, 0.1) is 5.41 Å². The Balaban J connectivity index is 2.72. The Bertz CT molecular complexity index is 371. The maximum absolute atomic E-state index is 6.15. The smallest absolute Gasteiger partial charge is 0.122 e. The number of hydrogen-bond acceptors (Lipinski definition) is 2. The van der Waals surface area contributed by atoms with Gasteiger partial charge in [-0.25, -0.2) is 0 Å². The summed E-state index contributed by atoms with van der Waals surface area (Å²) in [7, 11) is 1.68. The van der Waals surface area contributed by atoms with Gasteiger partial charge in [-0.3, -0.25) is 0 Å². The summed E-state index contributed by atoms with van der Waals surface area (Å²) in [5, 5.41) is 0.741. The van der Waals surface area contributed by atoms with E-state index in [2.05, 4.69) is 20.8 Å². The Kier molecular flexibility index (Phi) is 4.84. The largest absolute Gasteiger partial charge is 0.496 e.